The van der Waals surface area contributed by atoms with Crippen molar-refractivity contribution >= 4 is 35.6 Å². The molecule has 2 aliphatic heterocycles. The molecule has 0 aromatic heterocycles. The summed E-state index contributed by atoms with van der Waals surface area (Å²) >= 11 is 0. The Bertz CT molecular complexity index is 893. The first-order chi connectivity index (χ1) is 14.8. The summed E-state index contributed by atoms with van der Waals surface area (Å²) in [6.07, 6.45) is 1.70. The standard InChI is InChI=1S/C22H27N3O5.HI/c1-26-12-9-24-22(23-8-7-16-3-5-19-20(13-16)30-15-29-19)25-17-4-6-18-21(14-17)28-11-2-10-27-18;/h3-6,13-14H,2,7-12,15H2,1H3,(H2,23,24,25);1H. The van der Waals surface area contributed by atoms with E-state index >= 15 is 0 Å². The lowest BCUT2D eigenvalue weighted by atomic mass is 10.1. The Balaban J connectivity index is 0.00000272. The number of benzene rings is 2. The monoisotopic (exact) mass is 541 g/mol. The second-order valence-electron chi connectivity index (χ2n) is 6.92. The molecular formula is C22H28IN3O5. The molecule has 0 radical (unpaired) electrons. The van der Waals surface area contributed by atoms with Crippen LogP contribution < -0.4 is 29.6 Å². The fraction of sp³-hybridized carbons (Fsp3) is 0.409. The Morgan fingerprint density at radius 3 is 2.58 bits per heavy atom. The number of ether oxygens (including phenoxy) is 5. The van der Waals surface area contributed by atoms with Crippen LogP contribution in [0.4, 0.5) is 5.69 Å². The highest BCUT2D eigenvalue weighted by Crippen LogP contribution is 2.33. The third kappa shape index (κ3) is 6.54. The molecule has 2 heterocycles. The van der Waals surface area contributed by atoms with Crippen molar-refractivity contribution in [1.82, 2.24) is 5.32 Å². The third-order valence-corrected chi connectivity index (χ3v) is 4.72. The number of rotatable bonds is 7. The molecular weight excluding hydrogens is 513 g/mol. The first kappa shape index (κ1) is 23.3. The van der Waals surface area contributed by atoms with Gasteiger partial charge in [-0.1, -0.05) is 6.07 Å². The van der Waals surface area contributed by atoms with Crippen LogP contribution in [0.2, 0.25) is 0 Å². The molecule has 0 spiro atoms. The second kappa shape index (κ2) is 11.8. The molecule has 8 nitrogen and oxygen atoms in total. The quantitative estimate of drug-likeness (QED) is 0.241. The maximum absolute atomic E-state index is 5.78. The van der Waals surface area contributed by atoms with Crippen molar-refractivity contribution in [1.29, 1.82) is 0 Å². The van der Waals surface area contributed by atoms with Crippen LogP contribution in [-0.4, -0.2) is 52.8 Å². The first-order valence-corrected chi connectivity index (χ1v) is 10.1. The van der Waals surface area contributed by atoms with Gasteiger partial charge in [-0.25, -0.2) is 0 Å². The van der Waals surface area contributed by atoms with Crippen LogP contribution >= 0.6 is 24.0 Å². The van der Waals surface area contributed by atoms with Crippen LogP contribution in [0.15, 0.2) is 41.4 Å². The van der Waals surface area contributed by atoms with E-state index in [-0.39, 0.29) is 30.8 Å². The predicted octanol–water partition coefficient (Wildman–Crippen LogP) is 3.44. The van der Waals surface area contributed by atoms with Gasteiger partial charge in [0.2, 0.25) is 6.79 Å². The Hall–Kier alpha value is -2.40. The number of guanidine groups is 1. The largest absolute Gasteiger partial charge is 0.490 e. The summed E-state index contributed by atoms with van der Waals surface area (Å²) in [6.45, 7) is 3.43. The van der Waals surface area contributed by atoms with E-state index in [1.165, 1.54) is 5.56 Å². The minimum atomic E-state index is 0. The lowest BCUT2D eigenvalue weighted by Gasteiger charge is -2.15. The molecule has 0 atom stereocenters. The van der Waals surface area contributed by atoms with Gasteiger partial charge in [0.05, 0.1) is 26.4 Å². The van der Waals surface area contributed by atoms with Crippen LogP contribution in [-0.2, 0) is 11.2 Å². The zero-order valence-electron chi connectivity index (χ0n) is 17.5. The minimum Gasteiger partial charge on any atom is -0.490 e. The number of hydrogen-bond donors (Lipinski definition) is 2. The van der Waals surface area contributed by atoms with Crippen molar-refractivity contribution in [3.05, 3.63) is 42.0 Å². The minimum absolute atomic E-state index is 0. The van der Waals surface area contributed by atoms with Crippen LogP contribution in [0, 0.1) is 0 Å². The summed E-state index contributed by atoms with van der Waals surface area (Å²) in [5, 5.41) is 6.71. The number of nitrogens with zero attached hydrogens (tertiary/aromatic N) is 1. The Kier molecular flexibility index (Phi) is 8.89. The van der Waals surface area contributed by atoms with E-state index in [1.807, 2.05) is 36.4 Å². The molecule has 4 rings (SSSR count). The summed E-state index contributed by atoms with van der Waals surface area (Å²) in [5.74, 6) is 3.79. The zero-order valence-corrected chi connectivity index (χ0v) is 19.8. The average molecular weight is 541 g/mol. The van der Waals surface area contributed by atoms with Gasteiger partial charge >= 0.3 is 0 Å². The van der Waals surface area contributed by atoms with E-state index in [9.17, 15) is 0 Å². The molecule has 168 valence electrons. The van der Waals surface area contributed by atoms with Gasteiger partial charge in [0.25, 0.3) is 0 Å². The van der Waals surface area contributed by atoms with Gasteiger partial charge in [-0.15, -0.1) is 24.0 Å². The summed E-state index contributed by atoms with van der Waals surface area (Å²) < 4.78 is 27.4. The zero-order chi connectivity index (χ0) is 20.6. The molecule has 0 saturated heterocycles. The number of anilines is 1. The third-order valence-electron chi connectivity index (χ3n) is 4.72. The summed E-state index contributed by atoms with van der Waals surface area (Å²) in [7, 11) is 1.67. The second-order valence-corrected chi connectivity index (χ2v) is 6.92. The van der Waals surface area contributed by atoms with Gasteiger partial charge in [-0.3, -0.25) is 4.99 Å². The lowest BCUT2D eigenvalue weighted by Crippen LogP contribution is -2.33. The number of halogens is 1. The number of fused-ring (bicyclic) bond motifs is 2. The normalized spacial score (nSPS) is 14.4. The Morgan fingerprint density at radius 1 is 0.968 bits per heavy atom. The summed E-state index contributed by atoms with van der Waals surface area (Å²) in [5.41, 5.74) is 2.05. The number of nitrogens with one attached hydrogen (secondary N) is 2. The fourth-order valence-corrected chi connectivity index (χ4v) is 3.19. The van der Waals surface area contributed by atoms with Gasteiger partial charge in [0, 0.05) is 31.8 Å². The Labute approximate surface area is 199 Å². The van der Waals surface area contributed by atoms with Gasteiger partial charge in [0.15, 0.2) is 29.0 Å². The highest BCUT2D eigenvalue weighted by atomic mass is 127. The molecule has 2 N–H and O–H groups in total. The van der Waals surface area contributed by atoms with Crippen molar-refractivity contribution in [3.63, 3.8) is 0 Å². The molecule has 0 bridgehead atoms. The molecule has 31 heavy (non-hydrogen) atoms. The van der Waals surface area contributed by atoms with E-state index in [0.29, 0.717) is 38.9 Å². The van der Waals surface area contributed by atoms with Gasteiger partial charge in [0.1, 0.15) is 0 Å². The van der Waals surface area contributed by atoms with Crippen molar-refractivity contribution in [2.75, 3.05) is 52.1 Å². The van der Waals surface area contributed by atoms with Gasteiger partial charge in [-0.05, 0) is 36.2 Å². The molecule has 2 aromatic rings. The van der Waals surface area contributed by atoms with Crippen LogP contribution in [0.25, 0.3) is 0 Å². The molecule has 0 amide bonds. The Morgan fingerprint density at radius 2 is 1.71 bits per heavy atom. The number of hydrogen-bond acceptors (Lipinski definition) is 6. The van der Waals surface area contributed by atoms with Crippen molar-refractivity contribution in [2.24, 2.45) is 4.99 Å². The molecule has 0 fully saturated rings. The van der Waals surface area contributed by atoms with Gasteiger partial charge < -0.3 is 34.3 Å². The van der Waals surface area contributed by atoms with Crippen molar-refractivity contribution in [2.45, 2.75) is 12.8 Å². The van der Waals surface area contributed by atoms with E-state index in [0.717, 1.165) is 41.5 Å². The van der Waals surface area contributed by atoms with Crippen LogP contribution in [0.5, 0.6) is 23.0 Å². The number of methoxy groups -OCH3 is 1. The summed E-state index contributed by atoms with van der Waals surface area (Å²) in [6, 6.07) is 11.8. The molecule has 0 unspecified atom stereocenters. The van der Waals surface area contributed by atoms with Crippen LogP contribution in [0.1, 0.15) is 12.0 Å². The molecule has 0 saturated carbocycles. The highest BCUT2D eigenvalue weighted by Gasteiger charge is 2.14. The average Bonchev–Trinajstić information content (AvgIpc) is 3.10. The highest BCUT2D eigenvalue weighted by molar-refractivity contribution is 14.0. The SMILES string of the molecule is COCCN=C(NCCc1ccc2c(c1)OCO2)Nc1ccc2c(c1)OCCCO2.I. The topological polar surface area (TPSA) is 82.6 Å². The van der Waals surface area contributed by atoms with Gasteiger partial charge in [-0.2, -0.15) is 0 Å². The van der Waals surface area contributed by atoms with Crippen molar-refractivity contribution < 1.29 is 23.7 Å². The van der Waals surface area contributed by atoms with Crippen molar-refractivity contribution in [3.8, 4) is 23.0 Å². The lowest BCUT2D eigenvalue weighted by molar-refractivity contribution is 0.174. The molecule has 2 aliphatic rings. The maximum Gasteiger partial charge on any atom is 0.231 e. The smallest absolute Gasteiger partial charge is 0.231 e. The van der Waals surface area contributed by atoms with E-state index in [1.54, 1.807) is 7.11 Å². The first-order valence-electron chi connectivity index (χ1n) is 10.1. The van der Waals surface area contributed by atoms with Crippen LogP contribution in [0.3, 0.4) is 0 Å². The molecule has 2 aromatic carbocycles. The van der Waals surface area contributed by atoms with E-state index in [2.05, 4.69) is 15.6 Å². The summed E-state index contributed by atoms with van der Waals surface area (Å²) in [4.78, 5) is 4.58. The maximum atomic E-state index is 5.78. The van der Waals surface area contributed by atoms with E-state index < -0.39 is 0 Å². The fourth-order valence-electron chi connectivity index (χ4n) is 3.19. The van der Waals surface area contributed by atoms with E-state index in [4.69, 9.17) is 23.7 Å². The molecule has 9 heteroatoms. The molecule has 0 aliphatic carbocycles. The predicted molar refractivity (Wildman–Crippen MR) is 130 cm³/mol. The number of aliphatic imine (C=N–C) groups is 1.